The van der Waals surface area contributed by atoms with Crippen molar-refractivity contribution in [2.24, 2.45) is 5.92 Å². The molecule has 6 heteroatoms. The standard InChI is InChI=1S/C18H23N3O3/c1-11(2)17(22)20-12-5-6-13-14(10-19-15(13)9-12)16(18(23)24)21-7-3-4-8-21/h5-6,9-11,16,19H,3-4,7-8H2,1-2H3,(H,20,22)(H,23,24)/t16-/m0/s1. The van der Waals surface area contributed by atoms with Gasteiger partial charge in [0.15, 0.2) is 0 Å². The Morgan fingerprint density at radius 3 is 2.58 bits per heavy atom. The zero-order valence-corrected chi connectivity index (χ0v) is 14.0. The lowest BCUT2D eigenvalue weighted by Crippen LogP contribution is -2.31. The number of hydrogen-bond donors (Lipinski definition) is 3. The number of benzene rings is 1. The van der Waals surface area contributed by atoms with Gasteiger partial charge in [-0.3, -0.25) is 14.5 Å². The van der Waals surface area contributed by atoms with Crippen molar-refractivity contribution in [1.82, 2.24) is 9.88 Å². The maximum absolute atomic E-state index is 11.8. The van der Waals surface area contributed by atoms with Gasteiger partial charge < -0.3 is 15.4 Å². The predicted molar refractivity (Wildman–Crippen MR) is 93.0 cm³/mol. The SMILES string of the molecule is CC(C)C(=O)Nc1ccc2c([C@@H](C(=O)O)N3CCCC3)c[nH]c2c1. The molecule has 1 amide bonds. The lowest BCUT2D eigenvalue weighted by atomic mass is 10.0. The number of aromatic amines is 1. The highest BCUT2D eigenvalue weighted by Crippen LogP contribution is 2.32. The number of nitrogens with one attached hydrogen (secondary N) is 2. The molecule has 1 aliphatic rings. The van der Waals surface area contributed by atoms with Crippen molar-refractivity contribution >= 4 is 28.5 Å². The molecule has 128 valence electrons. The van der Waals surface area contributed by atoms with Crippen LogP contribution in [-0.2, 0) is 9.59 Å². The number of likely N-dealkylation sites (tertiary alicyclic amines) is 1. The first-order valence-corrected chi connectivity index (χ1v) is 8.36. The van der Waals surface area contributed by atoms with E-state index in [1.165, 1.54) is 0 Å². The van der Waals surface area contributed by atoms with Crippen molar-refractivity contribution in [3.63, 3.8) is 0 Å². The fourth-order valence-corrected chi connectivity index (χ4v) is 3.22. The lowest BCUT2D eigenvalue weighted by Gasteiger charge is -2.23. The van der Waals surface area contributed by atoms with Gasteiger partial charge in [0, 0.05) is 34.3 Å². The summed E-state index contributed by atoms with van der Waals surface area (Å²) in [4.78, 5) is 28.8. The summed E-state index contributed by atoms with van der Waals surface area (Å²) in [5.41, 5.74) is 2.32. The summed E-state index contributed by atoms with van der Waals surface area (Å²) in [6.07, 6.45) is 3.85. The zero-order valence-electron chi connectivity index (χ0n) is 14.0. The van der Waals surface area contributed by atoms with E-state index in [-0.39, 0.29) is 11.8 Å². The summed E-state index contributed by atoms with van der Waals surface area (Å²) in [7, 11) is 0. The smallest absolute Gasteiger partial charge is 0.325 e. The molecule has 0 unspecified atom stereocenters. The lowest BCUT2D eigenvalue weighted by molar-refractivity contribution is -0.143. The van der Waals surface area contributed by atoms with E-state index >= 15 is 0 Å². The third kappa shape index (κ3) is 3.14. The number of rotatable bonds is 5. The summed E-state index contributed by atoms with van der Waals surface area (Å²) in [5, 5.41) is 13.4. The van der Waals surface area contributed by atoms with Crippen LogP contribution in [0.2, 0.25) is 0 Å². The predicted octanol–water partition coefficient (Wildman–Crippen LogP) is 2.98. The molecule has 3 rings (SSSR count). The number of nitrogens with zero attached hydrogens (tertiary/aromatic N) is 1. The van der Waals surface area contributed by atoms with Gasteiger partial charge in [0.1, 0.15) is 6.04 Å². The number of hydrogen-bond acceptors (Lipinski definition) is 3. The van der Waals surface area contributed by atoms with Crippen molar-refractivity contribution in [2.75, 3.05) is 18.4 Å². The molecule has 1 aliphatic heterocycles. The quantitative estimate of drug-likeness (QED) is 0.787. The summed E-state index contributed by atoms with van der Waals surface area (Å²) in [6, 6.07) is 4.92. The number of amides is 1. The Morgan fingerprint density at radius 2 is 1.96 bits per heavy atom. The Balaban J connectivity index is 1.92. The average Bonchev–Trinajstić information content (AvgIpc) is 3.18. The van der Waals surface area contributed by atoms with Crippen molar-refractivity contribution in [2.45, 2.75) is 32.7 Å². The van der Waals surface area contributed by atoms with Crippen LogP contribution in [0.25, 0.3) is 10.9 Å². The summed E-state index contributed by atoms with van der Waals surface area (Å²) in [5.74, 6) is -0.956. The molecule has 0 saturated carbocycles. The molecule has 0 spiro atoms. The summed E-state index contributed by atoms with van der Waals surface area (Å²) in [6.45, 7) is 5.31. The molecule has 1 saturated heterocycles. The third-order valence-electron chi connectivity index (χ3n) is 4.54. The first-order valence-electron chi connectivity index (χ1n) is 8.36. The van der Waals surface area contributed by atoms with Crippen LogP contribution in [0.4, 0.5) is 5.69 Å². The fourth-order valence-electron chi connectivity index (χ4n) is 3.22. The molecule has 2 aromatic rings. The Morgan fingerprint density at radius 1 is 1.25 bits per heavy atom. The van der Waals surface area contributed by atoms with Gasteiger partial charge in [-0.2, -0.15) is 0 Å². The molecule has 1 atom stereocenters. The Labute approximate surface area is 140 Å². The van der Waals surface area contributed by atoms with E-state index < -0.39 is 12.0 Å². The van der Waals surface area contributed by atoms with Crippen LogP contribution in [0.15, 0.2) is 24.4 Å². The van der Waals surface area contributed by atoms with Gasteiger partial charge in [-0.1, -0.05) is 19.9 Å². The third-order valence-corrected chi connectivity index (χ3v) is 4.54. The number of H-pyrrole nitrogens is 1. The van der Waals surface area contributed by atoms with E-state index in [4.69, 9.17) is 0 Å². The molecule has 0 aliphatic carbocycles. The number of carboxylic acid groups (broad SMARTS) is 1. The van der Waals surface area contributed by atoms with Crippen LogP contribution >= 0.6 is 0 Å². The Hall–Kier alpha value is -2.34. The van der Waals surface area contributed by atoms with Crippen LogP contribution in [-0.4, -0.2) is 40.0 Å². The van der Waals surface area contributed by atoms with Crippen molar-refractivity contribution in [3.8, 4) is 0 Å². The largest absolute Gasteiger partial charge is 0.480 e. The van der Waals surface area contributed by atoms with E-state index in [0.29, 0.717) is 5.69 Å². The molecule has 24 heavy (non-hydrogen) atoms. The second kappa shape index (κ2) is 6.65. The van der Waals surface area contributed by atoms with Gasteiger partial charge in [-0.25, -0.2) is 0 Å². The number of anilines is 1. The normalized spacial score (nSPS) is 16.6. The number of fused-ring (bicyclic) bond motifs is 1. The second-order valence-corrected chi connectivity index (χ2v) is 6.63. The highest BCUT2D eigenvalue weighted by Gasteiger charge is 2.31. The van der Waals surface area contributed by atoms with E-state index in [0.717, 1.165) is 42.4 Å². The first-order chi connectivity index (χ1) is 11.5. The minimum Gasteiger partial charge on any atom is -0.480 e. The molecule has 1 aromatic carbocycles. The summed E-state index contributed by atoms with van der Waals surface area (Å²) < 4.78 is 0. The van der Waals surface area contributed by atoms with E-state index in [1.54, 1.807) is 6.20 Å². The van der Waals surface area contributed by atoms with Gasteiger partial charge in [-0.05, 0) is 38.1 Å². The minimum absolute atomic E-state index is 0.0402. The van der Waals surface area contributed by atoms with Gasteiger partial charge in [0.2, 0.25) is 5.91 Å². The molecule has 0 radical (unpaired) electrons. The fraction of sp³-hybridized carbons (Fsp3) is 0.444. The Kier molecular flexibility index (Phi) is 4.57. The number of aromatic nitrogens is 1. The average molecular weight is 329 g/mol. The maximum atomic E-state index is 11.8. The van der Waals surface area contributed by atoms with Crippen LogP contribution in [0, 0.1) is 5.92 Å². The van der Waals surface area contributed by atoms with Crippen LogP contribution < -0.4 is 5.32 Å². The molecule has 1 fully saturated rings. The van der Waals surface area contributed by atoms with Crippen molar-refractivity contribution < 1.29 is 14.7 Å². The molecule has 2 heterocycles. The van der Waals surface area contributed by atoms with Gasteiger partial charge in [-0.15, -0.1) is 0 Å². The number of carboxylic acids is 1. The maximum Gasteiger partial charge on any atom is 0.325 e. The van der Waals surface area contributed by atoms with Crippen LogP contribution in [0.5, 0.6) is 0 Å². The highest BCUT2D eigenvalue weighted by atomic mass is 16.4. The number of carbonyl (C=O) groups is 2. The van der Waals surface area contributed by atoms with E-state index in [9.17, 15) is 14.7 Å². The highest BCUT2D eigenvalue weighted by molar-refractivity contribution is 5.96. The molecule has 6 nitrogen and oxygen atoms in total. The zero-order chi connectivity index (χ0) is 17.3. The first kappa shape index (κ1) is 16.5. The molecule has 1 aromatic heterocycles. The topological polar surface area (TPSA) is 85.4 Å². The number of aliphatic carboxylic acids is 1. The second-order valence-electron chi connectivity index (χ2n) is 6.63. The van der Waals surface area contributed by atoms with E-state index in [1.807, 2.05) is 36.9 Å². The van der Waals surface area contributed by atoms with Crippen molar-refractivity contribution in [1.29, 1.82) is 0 Å². The Bertz CT molecular complexity index is 760. The monoisotopic (exact) mass is 329 g/mol. The molecule has 3 N–H and O–H groups in total. The van der Waals surface area contributed by atoms with Gasteiger partial charge in [0.05, 0.1) is 0 Å². The van der Waals surface area contributed by atoms with Crippen molar-refractivity contribution in [3.05, 3.63) is 30.0 Å². The number of carbonyl (C=O) groups excluding carboxylic acids is 1. The minimum atomic E-state index is -0.824. The molecule has 0 bridgehead atoms. The van der Waals surface area contributed by atoms with Gasteiger partial charge in [0.25, 0.3) is 0 Å². The van der Waals surface area contributed by atoms with E-state index in [2.05, 4.69) is 10.3 Å². The molecular formula is C18H23N3O3. The molecular weight excluding hydrogens is 306 g/mol. The van der Waals surface area contributed by atoms with Crippen LogP contribution in [0.3, 0.4) is 0 Å². The van der Waals surface area contributed by atoms with Gasteiger partial charge >= 0.3 is 5.97 Å². The summed E-state index contributed by atoms with van der Waals surface area (Å²) >= 11 is 0. The van der Waals surface area contributed by atoms with Crippen LogP contribution in [0.1, 0.15) is 38.3 Å².